The molecular weight excluding hydrogens is 328 g/mol. The van der Waals surface area contributed by atoms with Crippen LogP contribution in [0.2, 0.25) is 0 Å². The van der Waals surface area contributed by atoms with Crippen molar-refractivity contribution in [2.24, 2.45) is 0 Å². The molecule has 0 bridgehead atoms. The van der Waals surface area contributed by atoms with Gasteiger partial charge in [-0.25, -0.2) is 0 Å². The lowest BCUT2D eigenvalue weighted by atomic mass is 10.1. The van der Waals surface area contributed by atoms with Crippen LogP contribution in [0.3, 0.4) is 0 Å². The Morgan fingerprint density at radius 2 is 2.00 bits per heavy atom. The minimum Gasteiger partial charge on any atom is -0.465 e. The highest BCUT2D eigenvalue weighted by atomic mass is 32.2. The molecule has 2 amide bonds. The zero-order valence-electron chi connectivity index (χ0n) is 12.3. The summed E-state index contributed by atoms with van der Waals surface area (Å²) in [4.78, 5) is 37.6. The van der Waals surface area contributed by atoms with E-state index in [2.05, 4.69) is 0 Å². The van der Waals surface area contributed by atoms with E-state index < -0.39 is 11.1 Å². The molecule has 0 atom stereocenters. The van der Waals surface area contributed by atoms with Crippen LogP contribution in [0.4, 0.5) is 4.79 Å². The van der Waals surface area contributed by atoms with Crippen molar-refractivity contribution in [3.63, 3.8) is 0 Å². The molecule has 1 aromatic heterocycles. The molecule has 3 rings (SSSR count). The first-order valence-electron chi connectivity index (χ1n) is 6.91. The molecule has 0 saturated carbocycles. The average molecular weight is 338 g/mol. The van der Waals surface area contributed by atoms with E-state index in [0.29, 0.717) is 16.9 Å². The number of rotatable bonds is 4. The molecule has 0 N–H and O–H groups in total. The van der Waals surface area contributed by atoms with Gasteiger partial charge in [-0.1, -0.05) is 12.1 Å². The number of Topliss-reactive ketones (excluding diaryl/α,β-unsaturated/α-hetero) is 1. The minimum absolute atomic E-state index is 0.211. The molecule has 2 aromatic rings. The third-order valence-electron chi connectivity index (χ3n) is 3.33. The van der Waals surface area contributed by atoms with Gasteiger partial charge in [-0.3, -0.25) is 19.3 Å². The summed E-state index contributed by atoms with van der Waals surface area (Å²) in [5, 5.41) is 8.25. The van der Waals surface area contributed by atoms with E-state index in [9.17, 15) is 14.4 Å². The van der Waals surface area contributed by atoms with Crippen LogP contribution >= 0.6 is 11.8 Å². The summed E-state index contributed by atoms with van der Waals surface area (Å²) in [7, 11) is 0. The minimum atomic E-state index is -0.525. The Kier molecular flexibility index (Phi) is 4.31. The highest BCUT2D eigenvalue weighted by molar-refractivity contribution is 8.18. The number of nitrogens with zero attached hydrogens (tertiary/aromatic N) is 2. The number of hydrogen-bond acceptors (Lipinski definition) is 6. The van der Waals surface area contributed by atoms with E-state index in [1.807, 2.05) is 6.07 Å². The monoisotopic (exact) mass is 338 g/mol. The maximum Gasteiger partial charge on any atom is 0.293 e. The van der Waals surface area contributed by atoms with Crippen LogP contribution in [0, 0.1) is 11.3 Å². The van der Waals surface area contributed by atoms with Gasteiger partial charge in [-0.05, 0) is 36.0 Å². The fourth-order valence-corrected chi connectivity index (χ4v) is 2.92. The second-order valence-corrected chi connectivity index (χ2v) is 5.89. The Morgan fingerprint density at radius 3 is 2.62 bits per heavy atom. The first-order valence-corrected chi connectivity index (χ1v) is 7.72. The normalized spacial score (nSPS) is 15.8. The third kappa shape index (κ3) is 3.14. The smallest absolute Gasteiger partial charge is 0.293 e. The number of amides is 2. The van der Waals surface area contributed by atoms with Crippen LogP contribution in [-0.2, 0) is 4.79 Å². The van der Waals surface area contributed by atoms with Crippen LogP contribution in [-0.4, -0.2) is 28.4 Å². The van der Waals surface area contributed by atoms with E-state index in [1.54, 1.807) is 12.1 Å². The average Bonchev–Trinajstić information content (AvgIpc) is 3.19. The summed E-state index contributed by atoms with van der Waals surface area (Å²) in [5.41, 5.74) is 0.766. The molecule has 24 heavy (non-hydrogen) atoms. The van der Waals surface area contributed by atoms with Crippen molar-refractivity contribution in [3.05, 3.63) is 64.5 Å². The molecule has 6 nitrogen and oxygen atoms in total. The van der Waals surface area contributed by atoms with Crippen molar-refractivity contribution in [1.82, 2.24) is 4.90 Å². The van der Waals surface area contributed by atoms with Gasteiger partial charge in [0.1, 0.15) is 5.76 Å². The molecule has 0 aliphatic carbocycles. The van der Waals surface area contributed by atoms with Gasteiger partial charge in [0.05, 0.1) is 29.3 Å². The number of hydrogen-bond donors (Lipinski definition) is 0. The Labute approximate surface area is 141 Å². The summed E-state index contributed by atoms with van der Waals surface area (Å²) in [6.07, 6.45) is 2.93. The zero-order chi connectivity index (χ0) is 17.1. The standard InChI is InChI=1S/C17H10N2O4S/c18-9-11-3-5-12(6-4-11)14(20)10-19-16(21)15(24-17(19)22)8-13-2-1-7-23-13/h1-8H,10H2. The Balaban J connectivity index is 1.75. The molecule has 0 spiro atoms. The fourth-order valence-electron chi connectivity index (χ4n) is 2.10. The summed E-state index contributed by atoms with van der Waals surface area (Å²) in [6.45, 7) is -0.341. The zero-order valence-corrected chi connectivity index (χ0v) is 13.1. The second kappa shape index (κ2) is 6.56. The summed E-state index contributed by atoms with van der Waals surface area (Å²) in [5.74, 6) is -0.441. The van der Waals surface area contributed by atoms with Crippen molar-refractivity contribution in [2.75, 3.05) is 6.54 Å². The van der Waals surface area contributed by atoms with Gasteiger partial charge in [0.2, 0.25) is 0 Å². The highest BCUT2D eigenvalue weighted by Gasteiger charge is 2.36. The van der Waals surface area contributed by atoms with Crippen LogP contribution in [0.5, 0.6) is 0 Å². The number of nitriles is 1. The number of benzene rings is 1. The molecule has 1 aliphatic rings. The molecule has 7 heteroatoms. The first kappa shape index (κ1) is 15.8. The Morgan fingerprint density at radius 1 is 1.25 bits per heavy atom. The quantitative estimate of drug-likeness (QED) is 0.628. The van der Waals surface area contributed by atoms with E-state index in [-0.39, 0.29) is 17.2 Å². The summed E-state index contributed by atoms with van der Waals surface area (Å²) < 4.78 is 5.12. The number of carbonyl (C=O) groups excluding carboxylic acids is 3. The molecular formula is C17H10N2O4S. The Bertz CT molecular complexity index is 876. The summed E-state index contributed by atoms with van der Waals surface area (Å²) >= 11 is 0.767. The van der Waals surface area contributed by atoms with Gasteiger partial charge in [0, 0.05) is 11.6 Å². The van der Waals surface area contributed by atoms with Crippen molar-refractivity contribution in [3.8, 4) is 6.07 Å². The largest absolute Gasteiger partial charge is 0.465 e. The number of thioether (sulfide) groups is 1. The van der Waals surface area contributed by atoms with Crippen molar-refractivity contribution in [1.29, 1.82) is 5.26 Å². The van der Waals surface area contributed by atoms with Gasteiger partial charge >= 0.3 is 0 Å². The SMILES string of the molecule is N#Cc1ccc(C(=O)CN2C(=O)SC(=Cc3ccco3)C2=O)cc1. The molecule has 1 saturated heterocycles. The van der Waals surface area contributed by atoms with Crippen LogP contribution < -0.4 is 0 Å². The molecule has 118 valence electrons. The van der Waals surface area contributed by atoms with Gasteiger partial charge < -0.3 is 4.42 Å². The van der Waals surface area contributed by atoms with Crippen LogP contribution in [0.1, 0.15) is 21.7 Å². The first-order chi connectivity index (χ1) is 11.6. The number of imide groups is 1. The molecule has 1 fully saturated rings. The fraction of sp³-hybridized carbons (Fsp3) is 0.0588. The maximum absolute atomic E-state index is 12.3. The third-order valence-corrected chi connectivity index (χ3v) is 4.24. The lowest BCUT2D eigenvalue weighted by Crippen LogP contribution is -2.33. The number of furan rings is 1. The van der Waals surface area contributed by atoms with Gasteiger partial charge in [0.15, 0.2) is 5.78 Å². The lowest BCUT2D eigenvalue weighted by molar-refractivity contribution is -0.122. The van der Waals surface area contributed by atoms with Crippen molar-refractivity contribution < 1.29 is 18.8 Å². The van der Waals surface area contributed by atoms with Crippen molar-refractivity contribution in [2.45, 2.75) is 0 Å². The molecule has 2 heterocycles. The van der Waals surface area contributed by atoms with Crippen molar-refractivity contribution >= 4 is 34.8 Å². The Hall–Kier alpha value is -3.11. The predicted octanol–water partition coefficient (Wildman–Crippen LogP) is 3.07. The second-order valence-electron chi connectivity index (χ2n) is 4.90. The molecule has 0 unspecified atom stereocenters. The number of carbonyl (C=O) groups is 3. The van der Waals surface area contributed by atoms with Gasteiger partial charge in [-0.2, -0.15) is 5.26 Å². The predicted molar refractivity (Wildman–Crippen MR) is 86.9 cm³/mol. The van der Waals surface area contributed by atoms with E-state index in [0.717, 1.165) is 16.7 Å². The molecule has 1 aliphatic heterocycles. The molecule has 0 radical (unpaired) electrons. The molecule has 1 aromatic carbocycles. The highest BCUT2D eigenvalue weighted by Crippen LogP contribution is 2.32. The van der Waals surface area contributed by atoms with Crippen LogP contribution in [0.15, 0.2) is 52.0 Å². The van der Waals surface area contributed by atoms with E-state index in [1.165, 1.54) is 36.6 Å². The van der Waals surface area contributed by atoms with E-state index in [4.69, 9.17) is 9.68 Å². The van der Waals surface area contributed by atoms with E-state index >= 15 is 0 Å². The number of ketones is 1. The summed E-state index contributed by atoms with van der Waals surface area (Å²) in [6, 6.07) is 11.3. The van der Waals surface area contributed by atoms with Gasteiger partial charge in [0.25, 0.3) is 11.1 Å². The topological polar surface area (TPSA) is 91.4 Å². The maximum atomic E-state index is 12.3. The van der Waals surface area contributed by atoms with Crippen LogP contribution in [0.25, 0.3) is 6.08 Å². The van der Waals surface area contributed by atoms with Gasteiger partial charge in [-0.15, -0.1) is 0 Å². The lowest BCUT2D eigenvalue weighted by Gasteiger charge is -2.11.